The highest BCUT2D eigenvalue weighted by molar-refractivity contribution is 7.14. The minimum absolute atomic E-state index is 0.0333. The van der Waals surface area contributed by atoms with E-state index in [0.29, 0.717) is 41.4 Å². The molecule has 4 heterocycles. The number of hydrogen-bond acceptors (Lipinski definition) is 7. The van der Waals surface area contributed by atoms with Gasteiger partial charge in [0.15, 0.2) is 5.13 Å². The molecule has 11 heteroatoms. The van der Waals surface area contributed by atoms with Crippen molar-refractivity contribution >= 4 is 40.1 Å². The number of thiazole rings is 1. The van der Waals surface area contributed by atoms with Gasteiger partial charge in [-0.05, 0) is 56.4 Å². The number of carboxylic acid groups (broad SMARTS) is 1. The van der Waals surface area contributed by atoms with Gasteiger partial charge in [-0.3, -0.25) is 24.2 Å². The first kappa shape index (κ1) is 27.8. The number of anilines is 2. The number of carbonyl (C=O) groups excluding carboxylic acids is 2. The fraction of sp³-hybridized carbons (Fsp3) is 0.323. The van der Waals surface area contributed by atoms with Gasteiger partial charge in [0.2, 0.25) is 16.9 Å². The Hall–Kier alpha value is -4.38. The number of benzene rings is 1. The average Bonchev–Trinajstić information content (AvgIpc) is 3.40. The molecular formula is C31H29FN4O5S. The molecule has 2 aliphatic rings. The van der Waals surface area contributed by atoms with Crippen LogP contribution in [0.15, 0.2) is 59.1 Å². The van der Waals surface area contributed by atoms with Crippen molar-refractivity contribution in [2.75, 3.05) is 16.3 Å². The van der Waals surface area contributed by atoms with E-state index < -0.39 is 17.0 Å². The Morgan fingerprint density at radius 2 is 2.00 bits per heavy atom. The van der Waals surface area contributed by atoms with E-state index in [1.165, 1.54) is 4.90 Å². The Balaban J connectivity index is 1.31. The molecule has 0 unspecified atom stereocenters. The van der Waals surface area contributed by atoms with E-state index in [9.17, 15) is 19.5 Å². The second kappa shape index (κ2) is 11.5. The summed E-state index contributed by atoms with van der Waals surface area (Å²) in [5.41, 5.74) is 1.93. The van der Waals surface area contributed by atoms with Crippen LogP contribution >= 0.6 is 11.3 Å². The van der Waals surface area contributed by atoms with E-state index in [1.54, 1.807) is 36.2 Å². The number of furan rings is 1. The second-order valence-corrected chi connectivity index (χ2v) is 11.6. The molecule has 3 aromatic heterocycles. The molecule has 0 bridgehead atoms. The van der Waals surface area contributed by atoms with Crippen molar-refractivity contribution in [3.05, 3.63) is 71.2 Å². The van der Waals surface area contributed by atoms with Crippen molar-refractivity contribution in [3.63, 3.8) is 0 Å². The minimum atomic E-state index is -1.07. The molecule has 1 saturated heterocycles. The molecule has 1 N–H and O–H groups in total. The zero-order chi connectivity index (χ0) is 29.4. The lowest BCUT2D eigenvalue weighted by Gasteiger charge is -2.24. The Morgan fingerprint density at radius 1 is 1.21 bits per heavy atom. The Kier molecular flexibility index (Phi) is 7.59. The van der Waals surface area contributed by atoms with Gasteiger partial charge < -0.3 is 9.52 Å². The molecule has 9 nitrogen and oxygen atoms in total. The summed E-state index contributed by atoms with van der Waals surface area (Å²) in [6, 6.07) is 14.3. The second-order valence-electron chi connectivity index (χ2n) is 10.7. The van der Waals surface area contributed by atoms with Crippen LogP contribution in [-0.2, 0) is 20.8 Å². The summed E-state index contributed by atoms with van der Waals surface area (Å²) in [7, 11) is 0. The molecule has 6 rings (SSSR count). The van der Waals surface area contributed by atoms with Crippen LogP contribution in [0.5, 0.6) is 0 Å². The molecular weight excluding hydrogens is 559 g/mol. The van der Waals surface area contributed by atoms with Crippen LogP contribution in [0.4, 0.5) is 15.3 Å². The van der Waals surface area contributed by atoms with Gasteiger partial charge >= 0.3 is 5.97 Å². The molecule has 1 aromatic carbocycles. The van der Waals surface area contributed by atoms with Gasteiger partial charge in [-0.15, -0.1) is 0 Å². The summed E-state index contributed by atoms with van der Waals surface area (Å²) < 4.78 is 21.6. The largest absolute Gasteiger partial charge is 0.481 e. The Morgan fingerprint density at radius 3 is 2.64 bits per heavy atom. The van der Waals surface area contributed by atoms with Gasteiger partial charge in [0, 0.05) is 30.8 Å². The highest BCUT2D eigenvalue weighted by Crippen LogP contribution is 2.42. The molecule has 1 aliphatic carbocycles. The van der Waals surface area contributed by atoms with Crippen LogP contribution in [0.25, 0.3) is 22.6 Å². The van der Waals surface area contributed by atoms with Gasteiger partial charge in [0.05, 0.1) is 17.9 Å². The maximum atomic E-state index is 15.6. The summed E-state index contributed by atoms with van der Waals surface area (Å²) in [6.07, 6.45) is 4.27. The first-order valence-electron chi connectivity index (χ1n) is 13.9. The number of halogens is 1. The third kappa shape index (κ3) is 5.69. The highest BCUT2D eigenvalue weighted by Gasteiger charge is 2.40. The number of carbonyl (C=O) groups is 3. The molecule has 1 aliphatic heterocycles. The van der Waals surface area contributed by atoms with Gasteiger partial charge in [-0.2, -0.15) is 4.39 Å². The fourth-order valence-electron chi connectivity index (χ4n) is 5.35. The van der Waals surface area contributed by atoms with Gasteiger partial charge in [-0.25, -0.2) is 9.97 Å². The molecule has 0 radical (unpaired) electrons. The number of aryl methyl sites for hydroxylation is 1. The summed E-state index contributed by atoms with van der Waals surface area (Å²) in [6.45, 7) is 2.38. The number of pyridine rings is 1. The zero-order valence-electron chi connectivity index (χ0n) is 23.0. The number of hydrogen-bond donors (Lipinski definition) is 1. The Bertz CT molecular complexity index is 1630. The highest BCUT2D eigenvalue weighted by atomic mass is 32.1. The smallest absolute Gasteiger partial charge is 0.304 e. The fourth-order valence-corrected chi connectivity index (χ4v) is 6.24. The first-order valence-corrected chi connectivity index (χ1v) is 14.7. The van der Waals surface area contributed by atoms with Crippen molar-refractivity contribution in [3.8, 4) is 22.6 Å². The van der Waals surface area contributed by atoms with Gasteiger partial charge in [0.1, 0.15) is 23.0 Å². The number of rotatable bonds is 10. The van der Waals surface area contributed by atoms with Gasteiger partial charge in [-0.1, -0.05) is 41.7 Å². The SMILES string of the molecule is Cc1cc(-c2nc(N(C(=O)[C@@H](CC(=O)O)Cc3ccccc3)C3CC3)sc2F)c(-c2ccc(N3CCCC3=O)nc2)o1. The minimum Gasteiger partial charge on any atom is -0.481 e. The van der Waals surface area contributed by atoms with E-state index in [4.69, 9.17) is 4.42 Å². The van der Waals surface area contributed by atoms with Crippen LogP contribution in [-0.4, -0.2) is 45.4 Å². The maximum Gasteiger partial charge on any atom is 0.304 e. The van der Waals surface area contributed by atoms with E-state index in [-0.39, 0.29) is 41.5 Å². The number of nitrogens with zero attached hydrogens (tertiary/aromatic N) is 4. The number of carboxylic acids is 1. The van der Waals surface area contributed by atoms with Crippen molar-refractivity contribution in [1.29, 1.82) is 0 Å². The van der Waals surface area contributed by atoms with E-state index in [0.717, 1.165) is 36.2 Å². The van der Waals surface area contributed by atoms with Crippen molar-refractivity contribution in [1.82, 2.24) is 9.97 Å². The first-order chi connectivity index (χ1) is 20.3. The van der Waals surface area contributed by atoms with Crippen LogP contribution in [0.1, 0.15) is 43.4 Å². The lowest BCUT2D eigenvalue weighted by molar-refractivity contribution is -0.140. The van der Waals surface area contributed by atoms with Crippen molar-refractivity contribution in [2.24, 2.45) is 5.92 Å². The molecule has 4 aromatic rings. The zero-order valence-corrected chi connectivity index (χ0v) is 23.8. The molecule has 2 amide bonds. The van der Waals surface area contributed by atoms with Crippen LogP contribution in [0.2, 0.25) is 0 Å². The molecule has 2 fully saturated rings. The molecule has 1 saturated carbocycles. The molecule has 42 heavy (non-hydrogen) atoms. The number of aromatic nitrogens is 2. The monoisotopic (exact) mass is 588 g/mol. The summed E-state index contributed by atoms with van der Waals surface area (Å²) >= 11 is 0.768. The average molecular weight is 589 g/mol. The maximum absolute atomic E-state index is 15.6. The molecule has 0 spiro atoms. The number of aliphatic carboxylic acids is 1. The third-order valence-electron chi connectivity index (χ3n) is 7.50. The predicted octanol–water partition coefficient (Wildman–Crippen LogP) is 5.87. The van der Waals surface area contributed by atoms with E-state index in [1.807, 2.05) is 30.3 Å². The van der Waals surface area contributed by atoms with Crippen molar-refractivity contribution in [2.45, 2.75) is 51.5 Å². The predicted molar refractivity (Wildman–Crippen MR) is 156 cm³/mol. The summed E-state index contributed by atoms with van der Waals surface area (Å²) in [5, 5.41) is 9.19. The molecule has 216 valence electrons. The lowest BCUT2D eigenvalue weighted by atomic mass is 9.94. The van der Waals surface area contributed by atoms with E-state index in [2.05, 4.69) is 9.97 Å². The normalized spacial score (nSPS) is 15.7. The standard InChI is InChI=1S/C31H29FN4O5S/c1-18-14-23(28(41-18)20-9-12-24(33-17-20)35-13-5-8-25(35)37)27-29(32)42-31(34-27)36(22-10-11-22)30(40)21(16-26(38)39)15-19-6-3-2-4-7-19/h2-4,6-7,9,12,14,17,21-22H,5,8,10-11,13,15-16H2,1H3,(H,38,39)/t21-/m1/s1. The quantitative estimate of drug-likeness (QED) is 0.246. The van der Waals surface area contributed by atoms with E-state index >= 15 is 4.39 Å². The van der Waals surface area contributed by atoms with Crippen LogP contribution < -0.4 is 9.80 Å². The summed E-state index contributed by atoms with van der Waals surface area (Å²) in [5.74, 6) is -0.745. The Labute approximate surface area is 245 Å². The third-order valence-corrected chi connectivity index (χ3v) is 8.34. The summed E-state index contributed by atoms with van der Waals surface area (Å²) in [4.78, 5) is 49.8. The topological polar surface area (TPSA) is 117 Å². The van der Waals surface area contributed by atoms with Crippen LogP contribution in [0.3, 0.4) is 0 Å². The van der Waals surface area contributed by atoms with Crippen LogP contribution in [0, 0.1) is 18.0 Å². The number of amides is 2. The van der Waals surface area contributed by atoms with Gasteiger partial charge in [0.25, 0.3) is 0 Å². The lowest BCUT2D eigenvalue weighted by Crippen LogP contribution is -2.39. The molecule has 1 atom stereocenters. The van der Waals surface area contributed by atoms with Crippen molar-refractivity contribution < 1.29 is 28.3 Å².